The highest BCUT2D eigenvalue weighted by Gasteiger charge is 2.22. The molecule has 76 heavy (non-hydrogen) atoms. The van der Waals surface area contributed by atoms with Crippen LogP contribution in [-0.4, -0.2) is 33.2 Å². The molecule has 7 heteroatoms. The van der Waals surface area contributed by atoms with E-state index < -0.39 is 0 Å². The van der Waals surface area contributed by atoms with Gasteiger partial charge in [0.1, 0.15) is 0 Å². The standard InChI is InChI=1S/C69H43N7/c1-4-20-44(21-5-1)67-70-68(45-22-18-28-49(38-45)75-61-36-16-12-32-53(61)57-40-63-55(42-65(57)75)51-30-10-14-34-59(51)73(63)47-24-6-2-7-25-47)72-69(71-67)46-23-19-29-50(39-46)76-62-37-17-13-33-54(62)58-41-64-56(43-66(58)76)52-31-11-15-35-60(52)74(64)48-26-8-3-9-27-48/h1-43H. The number of rotatable bonds is 7. The van der Waals surface area contributed by atoms with Crippen LogP contribution in [0.1, 0.15) is 0 Å². The average Bonchev–Trinajstić information content (AvgIpc) is 4.32. The Kier molecular flexibility index (Phi) is 9.20. The van der Waals surface area contributed by atoms with Gasteiger partial charge in [0.2, 0.25) is 0 Å². The van der Waals surface area contributed by atoms with Crippen LogP contribution < -0.4 is 0 Å². The molecule has 0 saturated heterocycles. The van der Waals surface area contributed by atoms with Gasteiger partial charge < -0.3 is 18.3 Å². The predicted octanol–water partition coefficient (Wildman–Crippen LogP) is 17.3. The summed E-state index contributed by atoms with van der Waals surface area (Å²) in [5.74, 6) is 1.80. The Bertz CT molecular complexity index is 4690. The maximum absolute atomic E-state index is 5.36. The first-order valence-electron chi connectivity index (χ1n) is 25.8. The zero-order valence-electron chi connectivity index (χ0n) is 41.0. The average molecular weight is 970 g/mol. The molecule has 0 fully saturated rings. The highest BCUT2D eigenvalue weighted by molar-refractivity contribution is 6.20. The number of benzene rings is 11. The van der Waals surface area contributed by atoms with Crippen LogP contribution in [0.15, 0.2) is 261 Å². The topological polar surface area (TPSA) is 58.4 Å². The molecule has 5 heterocycles. The molecule has 0 radical (unpaired) electrons. The van der Waals surface area contributed by atoms with Gasteiger partial charge in [-0.3, -0.25) is 0 Å². The molecule has 16 rings (SSSR count). The van der Waals surface area contributed by atoms with Gasteiger partial charge in [-0.2, -0.15) is 0 Å². The van der Waals surface area contributed by atoms with Gasteiger partial charge >= 0.3 is 0 Å². The lowest BCUT2D eigenvalue weighted by atomic mass is 10.1. The van der Waals surface area contributed by atoms with Crippen LogP contribution in [0.4, 0.5) is 0 Å². The Labute approximate surface area is 436 Å². The highest BCUT2D eigenvalue weighted by atomic mass is 15.0. The molecular formula is C69H43N7. The van der Waals surface area contributed by atoms with E-state index in [4.69, 9.17) is 15.0 Å². The normalized spacial score (nSPS) is 11.9. The van der Waals surface area contributed by atoms with Gasteiger partial charge in [0.05, 0.1) is 44.1 Å². The molecule has 0 amide bonds. The summed E-state index contributed by atoms with van der Waals surface area (Å²) in [6.45, 7) is 0. The number of para-hydroxylation sites is 6. The van der Waals surface area contributed by atoms with Crippen LogP contribution in [-0.2, 0) is 0 Å². The van der Waals surface area contributed by atoms with Crippen LogP contribution in [0.3, 0.4) is 0 Å². The minimum Gasteiger partial charge on any atom is -0.309 e. The Balaban J connectivity index is 0.868. The molecule has 354 valence electrons. The second kappa shape index (κ2) is 16.6. The zero-order chi connectivity index (χ0) is 49.8. The van der Waals surface area contributed by atoms with E-state index in [-0.39, 0.29) is 0 Å². The molecular weight excluding hydrogens is 927 g/mol. The van der Waals surface area contributed by atoms with Gasteiger partial charge in [-0.15, -0.1) is 0 Å². The maximum Gasteiger partial charge on any atom is 0.164 e. The highest BCUT2D eigenvalue weighted by Crippen LogP contribution is 2.42. The third-order valence-corrected chi connectivity index (χ3v) is 15.4. The molecule has 7 nitrogen and oxygen atoms in total. The monoisotopic (exact) mass is 969 g/mol. The molecule has 0 saturated carbocycles. The summed E-state index contributed by atoms with van der Waals surface area (Å²) < 4.78 is 9.57. The van der Waals surface area contributed by atoms with Crippen LogP contribution in [0, 0.1) is 0 Å². The number of fused-ring (bicyclic) bond motifs is 12. The molecule has 0 N–H and O–H groups in total. The van der Waals surface area contributed by atoms with Gasteiger partial charge in [0.25, 0.3) is 0 Å². The Hall–Kier alpha value is -10.4. The molecule has 0 spiro atoms. The fraction of sp³-hybridized carbons (Fsp3) is 0. The van der Waals surface area contributed by atoms with Crippen LogP contribution >= 0.6 is 0 Å². The van der Waals surface area contributed by atoms with Crippen molar-refractivity contribution in [3.05, 3.63) is 261 Å². The third kappa shape index (κ3) is 6.39. The van der Waals surface area contributed by atoms with Crippen molar-refractivity contribution < 1.29 is 0 Å². The first-order chi connectivity index (χ1) is 37.7. The minimum absolute atomic E-state index is 0.597. The zero-order valence-corrected chi connectivity index (χ0v) is 41.0. The Morgan fingerprint density at radius 2 is 0.447 bits per heavy atom. The molecule has 5 aromatic heterocycles. The van der Waals surface area contributed by atoms with Crippen molar-refractivity contribution in [3.8, 4) is 56.9 Å². The van der Waals surface area contributed by atoms with Crippen LogP contribution in [0.2, 0.25) is 0 Å². The molecule has 16 aromatic rings. The fourth-order valence-electron chi connectivity index (χ4n) is 12.0. The van der Waals surface area contributed by atoms with E-state index in [0.29, 0.717) is 17.5 Å². The van der Waals surface area contributed by atoms with Crippen molar-refractivity contribution in [1.82, 2.24) is 33.2 Å². The summed E-state index contributed by atoms with van der Waals surface area (Å²) >= 11 is 0. The Morgan fingerprint density at radius 3 is 0.803 bits per heavy atom. The molecule has 0 aliphatic rings. The first-order valence-corrected chi connectivity index (χ1v) is 25.8. The van der Waals surface area contributed by atoms with Crippen molar-refractivity contribution in [3.63, 3.8) is 0 Å². The van der Waals surface area contributed by atoms with Gasteiger partial charge in [-0.1, -0.05) is 164 Å². The summed E-state index contributed by atoms with van der Waals surface area (Å²) in [5.41, 5.74) is 16.3. The smallest absolute Gasteiger partial charge is 0.164 e. The maximum atomic E-state index is 5.36. The fourth-order valence-corrected chi connectivity index (χ4v) is 12.0. The van der Waals surface area contributed by atoms with E-state index in [2.05, 4.69) is 261 Å². The van der Waals surface area contributed by atoms with Gasteiger partial charge in [0.15, 0.2) is 17.5 Å². The number of aromatic nitrogens is 7. The van der Waals surface area contributed by atoms with Crippen molar-refractivity contribution >= 4 is 87.2 Å². The molecule has 11 aromatic carbocycles. The predicted molar refractivity (Wildman–Crippen MR) is 313 cm³/mol. The summed E-state index contributed by atoms with van der Waals surface area (Å²) in [6.07, 6.45) is 0. The van der Waals surface area contributed by atoms with Crippen molar-refractivity contribution in [2.45, 2.75) is 0 Å². The first kappa shape index (κ1) is 42.2. The minimum atomic E-state index is 0.597. The molecule has 0 aliphatic heterocycles. The second-order valence-corrected chi connectivity index (χ2v) is 19.6. The molecule has 0 bridgehead atoms. The second-order valence-electron chi connectivity index (χ2n) is 19.6. The quantitative estimate of drug-likeness (QED) is 0.160. The lowest BCUT2D eigenvalue weighted by Crippen LogP contribution is -2.02. The van der Waals surface area contributed by atoms with Crippen molar-refractivity contribution in [2.24, 2.45) is 0 Å². The van der Waals surface area contributed by atoms with E-state index in [1.54, 1.807) is 0 Å². The Morgan fingerprint density at radius 1 is 0.184 bits per heavy atom. The van der Waals surface area contributed by atoms with E-state index >= 15 is 0 Å². The van der Waals surface area contributed by atoms with Crippen LogP contribution in [0.5, 0.6) is 0 Å². The van der Waals surface area contributed by atoms with Crippen molar-refractivity contribution in [1.29, 1.82) is 0 Å². The molecule has 0 atom stereocenters. The lowest BCUT2D eigenvalue weighted by Gasteiger charge is -2.13. The van der Waals surface area contributed by atoms with Gasteiger partial charge in [-0.05, 0) is 97.1 Å². The number of hydrogen-bond donors (Lipinski definition) is 0. The van der Waals surface area contributed by atoms with E-state index in [0.717, 1.165) is 61.5 Å². The summed E-state index contributed by atoms with van der Waals surface area (Å²) in [5, 5.41) is 9.59. The van der Waals surface area contributed by atoms with Gasteiger partial charge in [-0.25, -0.2) is 15.0 Å². The number of nitrogens with zero attached hydrogens (tertiary/aromatic N) is 7. The number of hydrogen-bond acceptors (Lipinski definition) is 3. The summed E-state index contributed by atoms with van der Waals surface area (Å²) in [4.78, 5) is 15.8. The summed E-state index contributed by atoms with van der Waals surface area (Å²) in [6, 6.07) is 93.3. The SMILES string of the molecule is c1ccc(-c2nc(-c3cccc(-n4c5ccccc5c5cc6c(cc54)c4ccccc4n6-c4ccccc4)c3)nc(-c3cccc(-n4c5ccccc5c5cc6c(cc54)c4ccccc4n6-c4ccccc4)c3)n2)cc1. The van der Waals surface area contributed by atoms with E-state index in [1.165, 1.54) is 65.2 Å². The lowest BCUT2D eigenvalue weighted by molar-refractivity contribution is 1.07. The molecule has 0 unspecified atom stereocenters. The largest absolute Gasteiger partial charge is 0.309 e. The molecule has 0 aliphatic carbocycles. The summed E-state index contributed by atoms with van der Waals surface area (Å²) in [7, 11) is 0. The van der Waals surface area contributed by atoms with E-state index in [1.807, 2.05) is 18.2 Å². The van der Waals surface area contributed by atoms with Crippen LogP contribution in [0.25, 0.3) is 144 Å². The van der Waals surface area contributed by atoms with Gasteiger partial charge in [0, 0.05) is 82.5 Å². The van der Waals surface area contributed by atoms with Crippen molar-refractivity contribution in [2.75, 3.05) is 0 Å². The van der Waals surface area contributed by atoms with E-state index in [9.17, 15) is 0 Å². The third-order valence-electron chi connectivity index (χ3n) is 15.4.